The molecule has 2 N–H and O–H groups in total. The van der Waals surface area contributed by atoms with Crippen molar-refractivity contribution in [3.05, 3.63) is 60.6 Å². The lowest BCUT2D eigenvalue weighted by atomic mass is 10.2. The van der Waals surface area contributed by atoms with Crippen LogP contribution in [0.4, 0.5) is 10.9 Å². The number of nitrogens with zero attached hydrogens (tertiary/aromatic N) is 4. The number of aromatic nitrogens is 3. The van der Waals surface area contributed by atoms with E-state index in [9.17, 15) is 9.59 Å². The summed E-state index contributed by atoms with van der Waals surface area (Å²) >= 11 is 1.52. The molecule has 0 radical (unpaired) electrons. The van der Waals surface area contributed by atoms with Gasteiger partial charge in [-0.25, -0.2) is 9.97 Å². The van der Waals surface area contributed by atoms with E-state index in [2.05, 4.69) is 25.6 Å². The maximum absolute atomic E-state index is 12.3. The summed E-state index contributed by atoms with van der Waals surface area (Å²) in [7, 11) is 1.59. The largest absolute Gasteiger partial charge is 0.476 e. The van der Waals surface area contributed by atoms with Gasteiger partial charge >= 0.3 is 0 Å². The van der Waals surface area contributed by atoms with Crippen molar-refractivity contribution < 1.29 is 14.3 Å². The number of anilines is 2. The molecule has 0 unspecified atom stereocenters. The molecule has 9 nitrogen and oxygen atoms in total. The molecule has 2 aromatic heterocycles. The second-order valence-corrected chi connectivity index (χ2v) is 8.45. The van der Waals surface area contributed by atoms with Gasteiger partial charge in [0, 0.05) is 19.3 Å². The molecule has 178 valence electrons. The third-order valence-electron chi connectivity index (χ3n) is 4.88. The van der Waals surface area contributed by atoms with Gasteiger partial charge in [-0.15, -0.1) is 0 Å². The summed E-state index contributed by atoms with van der Waals surface area (Å²) in [6.45, 7) is 5.69. The van der Waals surface area contributed by atoms with Crippen LogP contribution in [-0.4, -0.2) is 57.9 Å². The second kappa shape index (κ2) is 11.9. The molecule has 2 heterocycles. The lowest BCUT2D eigenvalue weighted by Gasteiger charge is -2.22. The summed E-state index contributed by atoms with van der Waals surface area (Å²) in [5, 5.41) is 6.67. The van der Waals surface area contributed by atoms with Crippen molar-refractivity contribution in [3.63, 3.8) is 0 Å². The van der Waals surface area contributed by atoms with E-state index in [0.29, 0.717) is 22.7 Å². The van der Waals surface area contributed by atoms with Crippen molar-refractivity contribution in [2.45, 2.75) is 26.8 Å². The number of hydrogen-bond acceptors (Lipinski definition) is 8. The number of hydrogen-bond donors (Lipinski definition) is 2. The Morgan fingerprint density at radius 2 is 2.00 bits per heavy atom. The van der Waals surface area contributed by atoms with Crippen molar-refractivity contribution in [2.24, 2.45) is 0 Å². The molecule has 10 heteroatoms. The summed E-state index contributed by atoms with van der Waals surface area (Å²) in [4.78, 5) is 39.7. The highest BCUT2D eigenvalue weighted by molar-refractivity contribution is 7.18. The number of likely N-dealkylation sites (N-methyl/N-ethyl adjacent to an activating group) is 1. The molecule has 0 aliphatic heterocycles. The quantitative estimate of drug-likeness (QED) is 0.337. The van der Waals surface area contributed by atoms with Crippen molar-refractivity contribution in [1.29, 1.82) is 0 Å². The third kappa shape index (κ3) is 6.85. The zero-order valence-electron chi connectivity index (χ0n) is 19.6. The number of benzene rings is 1. The molecule has 0 fully saturated rings. The Balaban J connectivity index is 1.52. The number of carbonyl (C=O) groups excluding carboxylic acids is 2. The van der Waals surface area contributed by atoms with Crippen molar-refractivity contribution >= 4 is 34.1 Å². The molecule has 0 aliphatic carbocycles. The molecular weight excluding hydrogens is 452 g/mol. The SMILES string of the molecule is C/C=C/C(=O)N(C)[C@@H](C)C(=O)NCCOc1cc(Nc2ncc(-c3ccccc3)s2)nc(C)n1. The zero-order valence-corrected chi connectivity index (χ0v) is 20.4. The maximum atomic E-state index is 12.3. The monoisotopic (exact) mass is 480 g/mol. The van der Waals surface area contributed by atoms with E-state index in [1.54, 1.807) is 40.0 Å². The van der Waals surface area contributed by atoms with Gasteiger partial charge in [0.1, 0.15) is 24.3 Å². The van der Waals surface area contributed by atoms with Crippen molar-refractivity contribution in [3.8, 4) is 16.3 Å². The molecule has 1 aromatic carbocycles. The Bertz CT molecular complexity index is 1150. The van der Waals surface area contributed by atoms with Crippen LogP contribution in [0.15, 0.2) is 54.7 Å². The molecule has 34 heavy (non-hydrogen) atoms. The average Bonchev–Trinajstić information content (AvgIpc) is 3.29. The molecule has 1 atom stereocenters. The first-order valence-corrected chi connectivity index (χ1v) is 11.6. The lowest BCUT2D eigenvalue weighted by Crippen LogP contribution is -2.46. The van der Waals surface area contributed by atoms with E-state index in [-0.39, 0.29) is 25.0 Å². The first-order valence-electron chi connectivity index (χ1n) is 10.8. The highest BCUT2D eigenvalue weighted by atomic mass is 32.1. The van der Waals surface area contributed by atoms with E-state index in [1.165, 1.54) is 22.3 Å². The number of allylic oxidation sites excluding steroid dienone is 1. The van der Waals surface area contributed by atoms with Crippen molar-refractivity contribution in [2.75, 3.05) is 25.5 Å². The Morgan fingerprint density at radius 1 is 1.24 bits per heavy atom. The fourth-order valence-electron chi connectivity index (χ4n) is 2.96. The molecule has 2 amide bonds. The minimum atomic E-state index is -0.597. The smallest absolute Gasteiger partial charge is 0.246 e. The number of thiazole rings is 1. The van der Waals surface area contributed by atoms with Crippen LogP contribution < -0.4 is 15.4 Å². The van der Waals surface area contributed by atoms with E-state index in [1.807, 2.05) is 36.5 Å². The first kappa shape index (κ1) is 24.8. The molecule has 0 spiro atoms. The Labute approximate surface area is 202 Å². The van der Waals surface area contributed by atoms with Gasteiger partial charge in [0.25, 0.3) is 0 Å². The Hall–Kier alpha value is -3.79. The zero-order chi connectivity index (χ0) is 24.5. The normalized spacial score (nSPS) is 11.8. The number of nitrogens with one attached hydrogen (secondary N) is 2. The maximum Gasteiger partial charge on any atom is 0.246 e. The first-order chi connectivity index (χ1) is 16.4. The van der Waals surface area contributed by atoms with E-state index >= 15 is 0 Å². The average molecular weight is 481 g/mol. The van der Waals surface area contributed by atoms with Crippen LogP contribution >= 0.6 is 11.3 Å². The van der Waals surface area contributed by atoms with Crippen LogP contribution in [0.5, 0.6) is 5.88 Å². The number of carbonyl (C=O) groups is 2. The van der Waals surface area contributed by atoms with E-state index in [4.69, 9.17) is 4.74 Å². The Morgan fingerprint density at radius 3 is 2.74 bits per heavy atom. The van der Waals surface area contributed by atoms with Gasteiger partial charge in [-0.2, -0.15) is 4.98 Å². The highest BCUT2D eigenvalue weighted by Gasteiger charge is 2.20. The molecule has 0 saturated heterocycles. The van der Waals surface area contributed by atoms with Gasteiger partial charge in [0.05, 0.1) is 11.4 Å². The van der Waals surface area contributed by atoms with E-state index in [0.717, 1.165) is 10.4 Å². The van der Waals surface area contributed by atoms with Gasteiger partial charge in [0.15, 0.2) is 5.13 Å². The second-order valence-electron chi connectivity index (χ2n) is 7.42. The van der Waals surface area contributed by atoms with Gasteiger partial charge in [-0.3, -0.25) is 9.59 Å². The number of rotatable bonds is 10. The molecule has 0 aliphatic rings. The summed E-state index contributed by atoms with van der Waals surface area (Å²) in [6.07, 6.45) is 4.88. The van der Waals surface area contributed by atoms with Crippen LogP contribution in [0.3, 0.4) is 0 Å². The van der Waals surface area contributed by atoms with Gasteiger partial charge in [-0.1, -0.05) is 47.7 Å². The molecule has 0 saturated carbocycles. The van der Waals surface area contributed by atoms with Crippen molar-refractivity contribution in [1.82, 2.24) is 25.2 Å². The summed E-state index contributed by atoms with van der Waals surface area (Å²) in [5.41, 5.74) is 1.10. The highest BCUT2D eigenvalue weighted by Crippen LogP contribution is 2.30. The lowest BCUT2D eigenvalue weighted by molar-refractivity contribution is -0.135. The van der Waals surface area contributed by atoms with Crippen LogP contribution in [0, 0.1) is 6.92 Å². The van der Waals surface area contributed by atoms with Crippen LogP contribution in [0.2, 0.25) is 0 Å². The van der Waals surface area contributed by atoms with Crippen LogP contribution in [0.25, 0.3) is 10.4 Å². The topological polar surface area (TPSA) is 109 Å². The number of ether oxygens (including phenoxy) is 1. The number of aryl methyl sites for hydroxylation is 1. The standard InChI is InChI=1S/C24H28N6O3S/c1-5-9-22(31)30(4)16(2)23(32)25-12-13-33-21-14-20(27-17(3)28-21)29-24-26-15-19(34-24)18-10-7-6-8-11-18/h5-11,14-16H,12-13H2,1-4H3,(H,25,32)(H,26,27,28,29)/b9-5+/t16-/m0/s1. The summed E-state index contributed by atoms with van der Waals surface area (Å²) in [5.74, 6) is 1.01. The minimum Gasteiger partial charge on any atom is -0.476 e. The number of amides is 2. The van der Waals surface area contributed by atoms with Gasteiger partial charge in [0.2, 0.25) is 17.7 Å². The van der Waals surface area contributed by atoms with Crippen LogP contribution in [-0.2, 0) is 9.59 Å². The third-order valence-corrected chi connectivity index (χ3v) is 5.84. The van der Waals surface area contributed by atoms with Gasteiger partial charge < -0.3 is 20.3 Å². The summed E-state index contributed by atoms with van der Waals surface area (Å²) < 4.78 is 5.70. The molecule has 0 bridgehead atoms. The van der Waals surface area contributed by atoms with Gasteiger partial charge in [-0.05, 0) is 32.4 Å². The molecular formula is C24H28N6O3S. The predicted octanol–water partition coefficient (Wildman–Crippen LogP) is 3.57. The molecule has 3 rings (SSSR count). The molecule has 3 aromatic rings. The fraction of sp³-hybridized carbons (Fsp3) is 0.292. The minimum absolute atomic E-state index is 0.219. The van der Waals surface area contributed by atoms with E-state index < -0.39 is 6.04 Å². The Kier molecular flexibility index (Phi) is 8.69. The summed E-state index contributed by atoms with van der Waals surface area (Å²) in [6, 6.07) is 11.1. The fourth-order valence-corrected chi connectivity index (χ4v) is 3.79. The predicted molar refractivity (Wildman–Crippen MR) is 133 cm³/mol. The van der Waals surface area contributed by atoms with Crippen LogP contribution in [0.1, 0.15) is 19.7 Å².